The number of rotatable bonds is 15. The van der Waals surface area contributed by atoms with E-state index in [1.165, 1.54) is 5.32 Å². The van der Waals surface area contributed by atoms with Crippen LogP contribution >= 0.6 is 21.6 Å². The van der Waals surface area contributed by atoms with E-state index in [2.05, 4.69) is 10.1 Å². The number of halogens is 3. The number of amides is 3. The number of nitrogens with one attached hydrogen (secondary N) is 3. The molecule has 0 aromatic heterocycles. The second-order valence-corrected chi connectivity index (χ2v) is 8.88. The lowest BCUT2D eigenvalue weighted by Crippen LogP contribution is -2.49. The van der Waals surface area contributed by atoms with E-state index in [4.69, 9.17) is 15.9 Å². The summed E-state index contributed by atoms with van der Waals surface area (Å²) in [5.41, 5.74) is 5.29. The molecule has 0 aromatic carbocycles. The number of carbonyl (C=O) groups excluding carboxylic acids is 4. The predicted molar refractivity (Wildman–Crippen MR) is 112 cm³/mol. The van der Waals surface area contributed by atoms with Crippen molar-refractivity contribution in [2.75, 3.05) is 25.2 Å². The Hall–Kier alpha value is -2.73. The number of ether oxygens (including phenoxy) is 1. The van der Waals surface area contributed by atoms with E-state index in [0.717, 1.165) is 28.7 Å². The molecule has 0 aromatic rings. The van der Waals surface area contributed by atoms with Crippen molar-refractivity contribution in [1.82, 2.24) is 16.0 Å². The molecule has 3 amide bonds. The first-order valence-corrected chi connectivity index (χ1v) is 11.6. The largest absolute Gasteiger partial charge is 0.480 e. The van der Waals surface area contributed by atoms with Gasteiger partial charge in [-0.05, 0) is 6.42 Å². The summed E-state index contributed by atoms with van der Waals surface area (Å²) in [6, 6.07) is -4.30. The number of carboxylic acid groups (broad SMARTS) is 2. The van der Waals surface area contributed by atoms with Crippen LogP contribution in [0.2, 0.25) is 0 Å². The summed E-state index contributed by atoms with van der Waals surface area (Å²) in [6.45, 7) is -0.763. The third kappa shape index (κ3) is 13.1. The standard InChI is InChI=1S/C16H23F3N4O9S2/c1-32-14(30)9(23-15(31)16(17,18)19)6-34-33-5-8(12(27)21-4-11(25)26)22-10(24)3-2-7(20)13(28)29/h7-9H,2-6,20H2,1H3,(H,21,27)(H,22,24)(H,23,31)(H,25,26)(H,28,29)/t7-,8-,9-/m0/s1. The molecule has 7 N–H and O–H groups in total. The zero-order chi connectivity index (χ0) is 26.5. The lowest BCUT2D eigenvalue weighted by atomic mass is 10.1. The van der Waals surface area contributed by atoms with Crippen molar-refractivity contribution in [3.8, 4) is 0 Å². The maximum Gasteiger partial charge on any atom is 0.471 e. The van der Waals surface area contributed by atoms with E-state index in [-0.39, 0.29) is 18.6 Å². The second-order valence-electron chi connectivity index (χ2n) is 6.33. The molecule has 0 saturated heterocycles. The number of hydrogen-bond acceptors (Lipinski definition) is 10. The van der Waals surface area contributed by atoms with Crippen LogP contribution < -0.4 is 21.7 Å². The Labute approximate surface area is 198 Å². The highest BCUT2D eigenvalue weighted by Crippen LogP contribution is 2.24. The smallest absolute Gasteiger partial charge is 0.471 e. The van der Waals surface area contributed by atoms with Gasteiger partial charge in [0.1, 0.15) is 24.7 Å². The minimum absolute atomic E-state index is 0.228. The first kappa shape index (κ1) is 31.3. The molecule has 0 fully saturated rings. The van der Waals surface area contributed by atoms with Gasteiger partial charge < -0.3 is 36.6 Å². The van der Waals surface area contributed by atoms with Crippen molar-refractivity contribution in [1.29, 1.82) is 0 Å². The minimum atomic E-state index is -5.23. The summed E-state index contributed by atoms with van der Waals surface area (Å²) >= 11 is 0. The van der Waals surface area contributed by atoms with Crippen LogP contribution in [-0.4, -0.2) is 95.3 Å². The maximum absolute atomic E-state index is 12.4. The molecular weight excluding hydrogens is 513 g/mol. The number of nitrogens with two attached hydrogens (primary N) is 1. The molecule has 0 rings (SSSR count). The molecule has 0 unspecified atom stereocenters. The highest BCUT2D eigenvalue weighted by Gasteiger charge is 2.41. The Morgan fingerprint density at radius 1 is 1.00 bits per heavy atom. The van der Waals surface area contributed by atoms with Gasteiger partial charge in [0, 0.05) is 17.9 Å². The van der Waals surface area contributed by atoms with Crippen molar-refractivity contribution in [2.45, 2.75) is 37.1 Å². The van der Waals surface area contributed by atoms with Gasteiger partial charge in [-0.15, -0.1) is 0 Å². The Kier molecular flexibility index (Phi) is 14.0. The molecule has 0 aliphatic heterocycles. The third-order valence-corrected chi connectivity index (χ3v) is 6.09. The number of carboxylic acids is 2. The second kappa shape index (κ2) is 15.2. The molecule has 0 bridgehead atoms. The fraction of sp³-hybridized carbons (Fsp3) is 0.625. The van der Waals surface area contributed by atoms with E-state index < -0.39 is 72.2 Å². The van der Waals surface area contributed by atoms with Gasteiger partial charge in [0.2, 0.25) is 11.8 Å². The van der Waals surface area contributed by atoms with Gasteiger partial charge in [0.05, 0.1) is 7.11 Å². The zero-order valence-electron chi connectivity index (χ0n) is 17.5. The van der Waals surface area contributed by atoms with Crippen LogP contribution in [0.4, 0.5) is 13.2 Å². The van der Waals surface area contributed by atoms with E-state index in [0.29, 0.717) is 0 Å². The molecule has 0 radical (unpaired) electrons. The fourth-order valence-electron chi connectivity index (χ4n) is 1.93. The fourth-order valence-corrected chi connectivity index (χ4v) is 4.24. The Morgan fingerprint density at radius 3 is 2.03 bits per heavy atom. The summed E-state index contributed by atoms with van der Waals surface area (Å²) in [5, 5.41) is 23.2. The first-order chi connectivity index (χ1) is 15.7. The van der Waals surface area contributed by atoms with Crippen LogP contribution in [0, 0.1) is 0 Å². The Bertz CT molecular complexity index is 771. The zero-order valence-corrected chi connectivity index (χ0v) is 19.2. The van der Waals surface area contributed by atoms with Crippen molar-refractivity contribution < 1.29 is 56.9 Å². The van der Waals surface area contributed by atoms with Crippen molar-refractivity contribution in [2.24, 2.45) is 5.73 Å². The van der Waals surface area contributed by atoms with Gasteiger partial charge in [-0.1, -0.05) is 21.6 Å². The summed E-state index contributed by atoms with van der Waals surface area (Å²) in [7, 11) is 2.49. The molecular formula is C16H23F3N4O9S2. The average Bonchev–Trinajstić information content (AvgIpc) is 2.75. The van der Waals surface area contributed by atoms with Crippen LogP contribution in [0.1, 0.15) is 12.8 Å². The van der Waals surface area contributed by atoms with Crippen molar-refractivity contribution >= 4 is 57.2 Å². The summed E-state index contributed by atoms with van der Waals surface area (Å²) in [4.78, 5) is 68.2. The van der Waals surface area contributed by atoms with Gasteiger partial charge in [0.15, 0.2) is 0 Å². The molecule has 13 nitrogen and oxygen atoms in total. The van der Waals surface area contributed by atoms with Crippen LogP contribution in [-0.2, 0) is 33.5 Å². The Morgan fingerprint density at radius 2 is 1.56 bits per heavy atom. The number of hydrogen-bond donors (Lipinski definition) is 6. The minimum Gasteiger partial charge on any atom is -0.480 e. The molecule has 34 heavy (non-hydrogen) atoms. The van der Waals surface area contributed by atoms with Gasteiger partial charge in [-0.3, -0.25) is 24.0 Å². The lowest BCUT2D eigenvalue weighted by molar-refractivity contribution is -0.175. The van der Waals surface area contributed by atoms with E-state index in [1.807, 2.05) is 5.32 Å². The molecule has 0 saturated carbocycles. The molecule has 0 aliphatic rings. The van der Waals surface area contributed by atoms with Crippen LogP contribution in [0.5, 0.6) is 0 Å². The van der Waals surface area contributed by atoms with Crippen LogP contribution in [0.3, 0.4) is 0 Å². The summed E-state index contributed by atoms with van der Waals surface area (Å²) < 4.78 is 41.6. The number of alkyl halides is 3. The number of carbonyl (C=O) groups is 6. The topological polar surface area (TPSA) is 214 Å². The van der Waals surface area contributed by atoms with E-state index >= 15 is 0 Å². The van der Waals surface area contributed by atoms with E-state index in [9.17, 15) is 41.9 Å². The summed E-state index contributed by atoms with van der Waals surface area (Å²) in [5.74, 6) is -8.50. The van der Waals surface area contributed by atoms with Gasteiger partial charge in [-0.25, -0.2) is 4.79 Å². The highest BCUT2D eigenvalue weighted by atomic mass is 33.1. The highest BCUT2D eigenvalue weighted by molar-refractivity contribution is 8.76. The third-order valence-electron chi connectivity index (χ3n) is 3.67. The predicted octanol–water partition coefficient (Wildman–Crippen LogP) is -1.53. The first-order valence-electron chi connectivity index (χ1n) is 9.16. The SMILES string of the molecule is COC(=O)[C@H](CSSC[C@H](NC(=O)CC[C@H](N)C(=O)O)C(=O)NCC(=O)O)NC(=O)C(F)(F)F. The number of aliphatic carboxylic acids is 2. The average molecular weight is 537 g/mol. The van der Waals surface area contributed by atoms with E-state index in [1.54, 1.807) is 0 Å². The van der Waals surface area contributed by atoms with Gasteiger partial charge in [0.25, 0.3) is 0 Å². The quantitative estimate of drug-likeness (QED) is 0.0798. The van der Waals surface area contributed by atoms with Gasteiger partial charge in [-0.2, -0.15) is 13.2 Å². The molecule has 3 atom stereocenters. The summed E-state index contributed by atoms with van der Waals surface area (Å²) in [6.07, 6.45) is -5.83. The normalized spacial score (nSPS) is 13.7. The molecule has 18 heteroatoms. The maximum atomic E-state index is 12.4. The molecule has 0 heterocycles. The number of esters is 1. The number of methoxy groups -OCH3 is 1. The molecule has 194 valence electrons. The van der Waals surface area contributed by atoms with Crippen molar-refractivity contribution in [3.63, 3.8) is 0 Å². The van der Waals surface area contributed by atoms with Crippen molar-refractivity contribution in [3.05, 3.63) is 0 Å². The van der Waals surface area contributed by atoms with Gasteiger partial charge >= 0.3 is 30.0 Å². The van der Waals surface area contributed by atoms with Crippen LogP contribution in [0.25, 0.3) is 0 Å². The molecule has 0 spiro atoms. The monoisotopic (exact) mass is 536 g/mol. The van der Waals surface area contributed by atoms with Crippen LogP contribution in [0.15, 0.2) is 0 Å². The Balaban J connectivity index is 4.99. The lowest BCUT2D eigenvalue weighted by Gasteiger charge is -2.19. The molecule has 0 aliphatic carbocycles.